The molecule has 1 fully saturated rings. The molecule has 1 aliphatic heterocycles. The fourth-order valence-electron chi connectivity index (χ4n) is 2.37. The first-order valence-corrected chi connectivity index (χ1v) is 6.99. The van der Waals surface area contributed by atoms with Crippen molar-refractivity contribution in [3.8, 4) is 0 Å². The minimum Gasteiger partial charge on any atom is -0.340 e. The Morgan fingerprint density at radius 1 is 1.21 bits per heavy atom. The van der Waals surface area contributed by atoms with Gasteiger partial charge in [0.1, 0.15) is 11.1 Å². The molecule has 0 spiro atoms. The van der Waals surface area contributed by atoms with Gasteiger partial charge in [-0.3, -0.25) is 9.59 Å². The molecule has 4 heteroatoms. The maximum Gasteiger partial charge on any atom is 0.249 e. The third-order valence-electron chi connectivity index (χ3n) is 4.13. The van der Waals surface area contributed by atoms with Crippen LogP contribution >= 0.6 is 0 Å². The number of rotatable bonds is 4. The van der Waals surface area contributed by atoms with E-state index in [1.165, 1.54) is 0 Å². The van der Waals surface area contributed by atoms with Crippen molar-refractivity contribution in [3.05, 3.63) is 11.6 Å². The maximum atomic E-state index is 12.8. The fourth-order valence-corrected chi connectivity index (χ4v) is 2.37. The molecule has 19 heavy (non-hydrogen) atoms. The molecule has 0 aliphatic carbocycles. The molecule has 1 heterocycles. The highest BCUT2D eigenvalue weighted by Gasteiger charge is 2.52. The molecular weight excluding hydrogens is 240 g/mol. The first-order chi connectivity index (χ1) is 8.71. The predicted octanol–water partition coefficient (Wildman–Crippen LogP) is 2.25. The molecule has 0 saturated carbocycles. The Morgan fingerprint density at radius 3 is 2.16 bits per heavy atom. The standard InChI is InChI=1S/C15H26N2O2/c1-7-15(8-2)13(19)17(10-9-11(3)4)14(5,6)12(18)16-15/h9H,7-8,10H2,1-6H3,(H,16,18). The molecule has 0 unspecified atom stereocenters. The van der Waals surface area contributed by atoms with Crippen LogP contribution in [0.4, 0.5) is 0 Å². The topological polar surface area (TPSA) is 49.4 Å². The SMILES string of the molecule is CCC1(CC)NC(=O)C(C)(C)N(CC=C(C)C)C1=O. The number of carbonyl (C=O) groups excluding carboxylic acids is 2. The summed E-state index contributed by atoms with van der Waals surface area (Å²) in [5.41, 5.74) is -0.382. The van der Waals surface area contributed by atoms with E-state index >= 15 is 0 Å². The van der Waals surface area contributed by atoms with Crippen molar-refractivity contribution in [1.82, 2.24) is 10.2 Å². The molecule has 1 aliphatic rings. The lowest BCUT2D eigenvalue weighted by atomic mass is 9.83. The van der Waals surface area contributed by atoms with Gasteiger partial charge in [-0.2, -0.15) is 0 Å². The van der Waals surface area contributed by atoms with Gasteiger partial charge in [0.05, 0.1) is 0 Å². The van der Waals surface area contributed by atoms with Crippen LogP contribution in [0.25, 0.3) is 0 Å². The van der Waals surface area contributed by atoms with Gasteiger partial charge in [0.25, 0.3) is 0 Å². The summed E-state index contributed by atoms with van der Waals surface area (Å²) in [6.07, 6.45) is 3.24. The first kappa shape index (κ1) is 15.7. The molecule has 0 aromatic carbocycles. The van der Waals surface area contributed by atoms with Gasteiger partial charge in [-0.25, -0.2) is 0 Å². The monoisotopic (exact) mass is 266 g/mol. The second-order valence-corrected chi connectivity index (χ2v) is 6.00. The third-order valence-corrected chi connectivity index (χ3v) is 4.13. The van der Waals surface area contributed by atoms with Crippen LogP contribution in [0.2, 0.25) is 0 Å². The molecule has 1 saturated heterocycles. The molecule has 2 amide bonds. The highest BCUT2D eigenvalue weighted by atomic mass is 16.2. The smallest absolute Gasteiger partial charge is 0.249 e. The summed E-state index contributed by atoms with van der Waals surface area (Å²) in [7, 11) is 0. The van der Waals surface area contributed by atoms with Crippen molar-refractivity contribution < 1.29 is 9.59 Å². The molecule has 108 valence electrons. The molecule has 1 N–H and O–H groups in total. The Bertz CT molecular complexity index is 402. The lowest BCUT2D eigenvalue weighted by Gasteiger charge is -2.49. The summed E-state index contributed by atoms with van der Waals surface area (Å²) in [6, 6.07) is 0. The van der Waals surface area contributed by atoms with Crippen molar-refractivity contribution in [3.63, 3.8) is 0 Å². The summed E-state index contributed by atoms with van der Waals surface area (Å²) in [6.45, 7) is 12.0. The van der Waals surface area contributed by atoms with E-state index in [2.05, 4.69) is 5.32 Å². The van der Waals surface area contributed by atoms with Gasteiger partial charge in [-0.05, 0) is 40.5 Å². The third kappa shape index (κ3) is 2.67. The van der Waals surface area contributed by atoms with Gasteiger partial charge in [0.15, 0.2) is 0 Å². The van der Waals surface area contributed by atoms with Gasteiger partial charge >= 0.3 is 0 Å². The summed E-state index contributed by atoms with van der Waals surface area (Å²) in [4.78, 5) is 26.8. The minimum atomic E-state index is -0.795. The lowest BCUT2D eigenvalue weighted by Crippen LogP contribution is -2.73. The number of nitrogens with zero attached hydrogens (tertiary/aromatic N) is 1. The van der Waals surface area contributed by atoms with E-state index in [1.54, 1.807) is 18.7 Å². The van der Waals surface area contributed by atoms with Gasteiger partial charge in [0.2, 0.25) is 11.8 Å². The predicted molar refractivity (Wildman–Crippen MR) is 76.7 cm³/mol. The van der Waals surface area contributed by atoms with Crippen molar-refractivity contribution in [2.75, 3.05) is 6.54 Å². The van der Waals surface area contributed by atoms with Crippen molar-refractivity contribution >= 4 is 11.8 Å². The highest BCUT2D eigenvalue weighted by molar-refractivity contribution is 6.01. The zero-order valence-electron chi connectivity index (χ0n) is 13.0. The van der Waals surface area contributed by atoms with Crippen LogP contribution in [-0.2, 0) is 9.59 Å². The number of piperazine rings is 1. The Balaban J connectivity index is 3.17. The minimum absolute atomic E-state index is 0.0274. The van der Waals surface area contributed by atoms with Gasteiger partial charge in [-0.15, -0.1) is 0 Å². The quantitative estimate of drug-likeness (QED) is 0.793. The lowest BCUT2D eigenvalue weighted by molar-refractivity contribution is -0.160. The summed E-state index contributed by atoms with van der Waals surface area (Å²) in [5, 5.41) is 2.94. The normalized spacial score (nSPS) is 21.1. The molecule has 1 rings (SSSR count). The van der Waals surface area contributed by atoms with Crippen LogP contribution in [0, 0.1) is 0 Å². The van der Waals surface area contributed by atoms with Gasteiger partial charge in [-0.1, -0.05) is 25.5 Å². The molecular formula is C15H26N2O2. The van der Waals surface area contributed by atoms with E-state index in [1.807, 2.05) is 33.8 Å². The van der Waals surface area contributed by atoms with Gasteiger partial charge in [0, 0.05) is 6.54 Å². The largest absolute Gasteiger partial charge is 0.340 e. The van der Waals surface area contributed by atoms with E-state index in [0.717, 1.165) is 5.57 Å². The fraction of sp³-hybridized carbons (Fsp3) is 0.733. The van der Waals surface area contributed by atoms with Gasteiger partial charge < -0.3 is 10.2 Å². The first-order valence-electron chi connectivity index (χ1n) is 6.99. The second-order valence-electron chi connectivity index (χ2n) is 6.00. The van der Waals surface area contributed by atoms with E-state index < -0.39 is 11.1 Å². The van der Waals surface area contributed by atoms with E-state index in [4.69, 9.17) is 0 Å². The zero-order chi connectivity index (χ0) is 14.8. The summed E-state index contributed by atoms with van der Waals surface area (Å²) >= 11 is 0. The number of amides is 2. The zero-order valence-corrected chi connectivity index (χ0v) is 13.0. The van der Waals surface area contributed by atoms with E-state index in [0.29, 0.717) is 19.4 Å². The number of carbonyl (C=O) groups is 2. The molecule has 0 bridgehead atoms. The van der Waals surface area contributed by atoms with Crippen LogP contribution < -0.4 is 5.32 Å². The highest BCUT2D eigenvalue weighted by Crippen LogP contribution is 2.30. The van der Waals surface area contributed by atoms with Crippen LogP contribution in [0.1, 0.15) is 54.4 Å². The molecule has 0 atom stereocenters. The van der Waals surface area contributed by atoms with Crippen molar-refractivity contribution in [1.29, 1.82) is 0 Å². The Morgan fingerprint density at radius 2 is 1.74 bits per heavy atom. The van der Waals surface area contributed by atoms with Crippen molar-refractivity contribution in [2.45, 2.75) is 65.5 Å². The number of hydrogen-bond acceptors (Lipinski definition) is 2. The van der Waals surface area contributed by atoms with Crippen LogP contribution in [0.15, 0.2) is 11.6 Å². The van der Waals surface area contributed by atoms with Crippen molar-refractivity contribution in [2.24, 2.45) is 0 Å². The second kappa shape index (κ2) is 5.35. The summed E-state index contributed by atoms with van der Waals surface area (Å²) in [5.74, 6) is -0.0439. The molecule has 0 radical (unpaired) electrons. The summed E-state index contributed by atoms with van der Waals surface area (Å²) < 4.78 is 0. The van der Waals surface area contributed by atoms with E-state index in [9.17, 15) is 9.59 Å². The average Bonchev–Trinajstić information content (AvgIpc) is 2.33. The van der Waals surface area contributed by atoms with Crippen LogP contribution in [-0.4, -0.2) is 34.3 Å². The van der Waals surface area contributed by atoms with E-state index in [-0.39, 0.29) is 11.8 Å². The number of allylic oxidation sites excluding steroid dienone is 1. The maximum absolute atomic E-state index is 12.8. The molecule has 4 nitrogen and oxygen atoms in total. The molecule has 0 aromatic heterocycles. The Labute approximate surface area is 116 Å². The average molecular weight is 266 g/mol. The number of hydrogen-bond donors (Lipinski definition) is 1. The Kier molecular flexibility index (Phi) is 4.43. The Hall–Kier alpha value is -1.32. The van der Waals surface area contributed by atoms with Crippen LogP contribution in [0.5, 0.6) is 0 Å². The molecule has 0 aromatic rings. The number of nitrogens with one attached hydrogen (secondary N) is 1. The van der Waals surface area contributed by atoms with Crippen LogP contribution in [0.3, 0.4) is 0 Å².